The lowest BCUT2D eigenvalue weighted by atomic mass is 10.0. The third-order valence-corrected chi connectivity index (χ3v) is 3.65. The number of hydrogen-bond acceptors (Lipinski definition) is 5. The van der Waals surface area contributed by atoms with Gasteiger partial charge in [-0.2, -0.15) is 0 Å². The van der Waals surface area contributed by atoms with E-state index in [0.29, 0.717) is 30.9 Å². The van der Waals surface area contributed by atoms with E-state index in [4.69, 9.17) is 14.2 Å². The molecule has 0 aliphatic carbocycles. The first-order valence-electron chi connectivity index (χ1n) is 8.24. The Morgan fingerprint density at radius 2 is 1.76 bits per heavy atom. The van der Waals surface area contributed by atoms with Crippen LogP contribution in [0, 0.1) is 5.92 Å². The van der Waals surface area contributed by atoms with Crippen molar-refractivity contribution in [2.24, 2.45) is 5.92 Å². The molecule has 0 saturated carbocycles. The molecule has 0 aliphatic heterocycles. The molecule has 2 amide bonds. The van der Waals surface area contributed by atoms with Crippen LogP contribution in [-0.2, 0) is 16.0 Å². The summed E-state index contributed by atoms with van der Waals surface area (Å²) in [6, 6.07) is 4.57. The highest BCUT2D eigenvalue weighted by molar-refractivity contribution is 5.83. The number of carbonyl (C=O) groups excluding carboxylic acids is 2. The summed E-state index contributed by atoms with van der Waals surface area (Å²) in [6.45, 7) is 4.38. The number of hydrogen-bond donors (Lipinski definition) is 2. The molecule has 0 aliphatic rings. The molecule has 1 rings (SSSR count). The molecule has 1 atom stereocenters. The van der Waals surface area contributed by atoms with Crippen LogP contribution in [0.15, 0.2) is 18.2 Å². The largest absolute Gasteiger partial charge is 0.493 e. The van der Waals surface area contributed by atoms with Crippen molar-refractivity contribution in [1.29, 1.82) is 0 Å². The number of carbonyl (C=O) groups is 2. The summed E-state index contributed by atoms with van der Waals surface area (Å²) in [5.41, 5.74) is 1.00. The maximum atomic E-state index is 12.0. The third-order valence-electron chi connectivity index (χ3n) is 3.65. The molecule has 1 unspecified atom stereocenters. The van der Waals surface area contributed by atoms with Crippen LogP contribution in [0.25, 0.3) is 0 Å². The Kier molecular flexibility index (Phi) is 8.60. The van der Waals surface area contributed by atoms with E-state index in [9.17, 15) is 9.59 Å². The van der Waals surface area contributed by atoms with Crippen molar-refractivity contribution in [3.63, 3.8) is 0 Å². The van der Waals surface area contributed by atoms with Gasteiger partial charge in [0.05, 0.1) is 21.3 Å². The summed E-state index contributed by atoms with van der Waals surface area (Å²) in [5.74, 6) is 1.12. The SMILES string of the molecule is COC(=O)C(CC(C)C)NC(=O)NCCc1ccc(OC)c(OC)c1. The summed E-state index contributed by atoms with van der Waals surface area (Å²) in [4.78, 5) is 23.7. The van der Waals surface area contributed by atoms with Gasteiger partial charge in [-0.05, 0) is 36.5 Å². The molecular weight excluding hydrogens is 324 g/mol. The molecule has 0 radical (unpaired) electrons. The van der Waals surface area contributed by atoms with Crippen molar-refractivity contribution in [3.05, 3.63) is 23.8 Å². The second kappa shape index (κ2) is 10.4. The number of ether oxygens (including phenoxy) is 3. The van der Waals surface area contributed by atoms with Gasteiger partial charge in [-0.15, -0.1) is 0 Å². The molecular formula is C18H28N2O5. The van der Waals surface area contributed by atoms with Crippen LogP contribution in [-0.4, -0.2) is 45.9 Å². The van der Waals surface area contributed by atoms with Crippen molar-refractivity contribution in [1.82, 2.24) is 10.6 Å². The van der Waals surface area contributed by atoms with Crippen LogP contribution < -0.4 is 20.1 Å². The predicted octanol–water partition coefficient (Wildman–Crippen LogP) is 2.13. The molecule has 0 spiro atoms. The second-order valence-electron chi connectivity index (χ2n) is 6.04. The van der Waals surface area contributed by atoms with Crippen LogP contribution in [0.5, 0.6) is 11.5 Å². The van der Waals surface area contributed by atoms with Crippen LogP contribution in [0.2, 0.25) is 0 Å². The quantitative estimate of drug-likeness (QED) is 0.665. The second-order valence-corrected chi connectivity index (χ2v) is 6.04. The lowest BCUT2D eigenvalue weighted by molar-refractivity contribution is -0.143. The standard InChI is InChI=1S/C18H28N2O5/c1-12(2)10-14(17(21)25-5)20-18(22)19-9-8-13-6-7-15(23-3)16(11-13)24-4/h6-7,11-12,14H,8-10H2,1-5H3,(H2,19,20,22). The van der Waals surface area contributed by atoms with Crippen molar-refractivity contribution >= 4 is 12.0 Å². The molecule has 0 aromatic heterocycles. The third kappa shape index (κ3) is 6.91. The average molecular weight is 352 g/mol. The highest BCUT2D eigenvalue weighted by Gasteiger charge is 2.22. The molecule has 0 fully saturated rings. The van der Waals surface area contributed by atoms with E-state index in [0.717, 1.165) is 5.56 Å². The zero-order chi connectivity index (χ0) is 18.8. The van der Waals surface area contributed by atoms with Gasteiger partial charge in [0, 0.05) is 6.54 Å². The van der Waals surface area contributed by atoms with Gasteiger partial charge in [-0.1, -0.05) is 19.9 Å². The van der Waals surface area contributed by atoms with Crippen molar-refractivity contribution in [3.8, 4) is 11.5 Å². The molecule has 0 bridgehead atoms. The lowest BCUT2D eigenvalue weighted by Gasteiger charge is -2.18. The van der Waals surface area contributed by atoms with E-state index in [2.05, 4.69) is 10.6 Å². The molecule has 25 heavy (non-hydrogen) atoms. The minimum atomic E-state index is -0.647. The highest BCUT2D eigenvalue weighted by Crippen LogP contribution is 2.27. The summed E-state index contributed by atoms with van der Waals surface area (Å²) >= 11 is 0. The van der Waals surface area contributed by atoms with Gasteiger partial charge >= 0.3 is 12.0 Å². The van der Waals surface area contributed by atoms with Gasteiger partial charge in [0.15, 0.2) is 11.5 Å². The maximum Gasteiger partial charge on any atom is 0.328 e. The summed E-state index contributed by atoms with van der Waals surface area (Å²) < 4.78 is 15.2. The summed E-state index contributed by atoms with van der Waals surface area (Å²) in [5, 5.41) is 5.41. The van der Waals surface area contributed by atoms with E-state index in [1.165, 1.54) is 7.11 Å². The van der Waals surface area contributed by atoms with Gasteiger partial charge < -0.3 is 24.8 Å². The first kappa shape index (κ1) is 20.6. The Morgan fingerprint density at radius 3 is 2.32 bits per heavy atom. The maximum absolute atomic E-state index is 12.0. The molecule has 1 aromatic carbocycles. The van der Waals surface area contributed by atoms with Crippen molar-refractivity contribution < 1.29 is 23.8 Å². The molecule has 1 aromatic rings. The number of esters is 1. The van der Waals surface area contributed by atoms with E-state index >= 15 is 0 Å². The predicted molar refractivity (Wildman–Crippen MR) is 95.0 cm³/mol. The summed E-state index contributed by atoms with van der Waals surface area (Å²) in [7, 11) is 4.47. The van der Waals surface area contributed by atoms with Crippen molar-refractivity contribution in [2.75, 3.05) is 27.9 Å². The van der Waals surface area contributed by atoms with Gasteiger partial charge in [0.2, 0.25) is 0 Å². The molecule has 7 nitrogen and oxygen atoms in total. The van der Waals surface area contributed by atoms with Crippen LogP contribution in [0.1, 0.15) is 25.8 Å². The molecule has 0 saturated heterocycles. The lowest BCUT2D eigenvalue weighted by Crippen LogP contribution is -2.47. The zero-order valence-corrected chi connectivity index (χ0v) is 15.5. The van der Waals surface area contributed by atoms with E-state index in [-0.39, 0.29) is 5.92 Å². The Hall–Kier alpha value is -2.44. The number of amides is 2. The fourth-order valence-corrected chi connectivity index (χ4v) is 2.39. The van der Waals surface area contributed by atoms with Gasteiger partial charge in [0.25, 0.3) is 0 Å². The normalized spacial score (nSPS) is 11.6. The zero-order valence-electron chi connectivity index (χ0n) is 15.5. The number of nitrogens with one attached hydrogen (secondary N) is 2. The first-order valence-corrected chi connectivity index (χ1v) is 8.24. The monoisotopic (exact) mass is 352 g/mol. The fraction of sp³-hybridized carbons (Fsp3) is 0.556. The topological polar surface area (TPSA) is 85.9 Å². The molecule has 2 N–H and O–H groups in total. The van der Waals surface area contributed by atoms with Crippen LogP contribution >= 0.6 is 0 Å². The van der Waals surface area contributed by atoms with E-state index < -0.39 is 18.0 Å². The van der Waals surface area contributed by atoms with E-state index in [1.807, 2.05) is 32.0 Å². The van der Waals surface area contributed by atoms with Crippen molar-refractivity contribution in [2.45, 2.75) is 32.7 Å². The Balaban J connectivity index is 2.51. The average Bonchev–Trinajstić information content (AvgIpc) is 2.59. The number of methoxy groups -OCH3 is 3. The Morgan fingerprint density at radius 1 is 1.08 bits per heavy atom. The molecule has 7 heteroatoms. The van der Waals surface area contributed by atoms with Gasteiger partial charge in [-0.3, -0.25) is 0 Å². The summed E-state index contributed by atoms with van der Waals surface area (Å²) in [6.07, 6.45) is 1.15. The highest BCUT2D eigenvalue weighted by atomic mass is 16.5. The smallest absolute Gasteiger partial charge is 0.328 e. The van der Waals surface area contributed by atoms with Gasteiger partial charge in [0.1, 0.15) is 6.04 Å². The van der Waals surface area contributed by atoms with Gasteiger partial charge in [-0.25, -0.2) is 9.59 Å². The minimum absolute atomic E-state index is 0.260. The first-order chi connectivity index (χ1) is 11.9. The number of urea groups is 1. The number of benzene rings is 1. The Bertz CT molecular complexity index is 575. The minimum Gasteiger partial charge on any atom is -0.493 e. The van der Waals surface area contributed by atoms with Crippen LogP contribution in [0.3, 0.4) is 0 Å². The van der Waals surface area contributed by atoms with E-state index in [1.54, 1.807) is 14.2 Å². The van der Waals surface area contributed by atoms with Crippen LogP contribution in [0.4, 0.5) is 4.79 Å². The molecule has 0 heterocycles. The Labute approximate surface area is 149 Å². The molecule has 140 valence electrons. The number of rotatable bonds is 9. The fourth-order valence-electron chi connectivity index (χ4n) is 2.39.